The summed E-state index contributed by atoms with van der Waals surface area (Å²) >= 11 is 1.57. The summed E-state index contributed by atoms with van der Waals surface area (Å²) < 4.78 is 5.61. The Balaban J connectivity index is 1.47. The topological polar surface area (TPSA) is 105 Å². The van der Waals surface area contributed by atoms with Crippen LogP contribution in [0.5, 0.6) is 11.6 Å². The van der Waals surface area contributed by atoms with E-state index < -0.39 is 4.92 Å². The first-order chi connectivity index (χ1) is 14.5. The Morgan fingerprint density at radius 2 is 2.13 bits per heavy atom. The fraction of sp³-hybridized carbons (Fsp3) is 0.190. The molecule has 0 atom stereocenters. The van der Waals surface area contributed by atoms with Crippen LogP contribution in [-0.2, 0) is 13.0 Å². The van der Waals surface area contributed by atoms with Gasteiger partial charge >= 0.3 is 0 Å². The molecular weight excluding hydrogens is 402 g/mol. The SMILES string of the molecule is CN1CCc2c(sc(N=Cc3ccc(Oc4ccc([N+](=O)[O-])cn4)cc3)c2C#N)C1. The molecule has 0 saturated carbocycles. The lowest BCUT2D eigenvalue weighted by Crippen LogP contribution is -2.25. The van der Waals surface area contributed by atoms with E-state index in [0.29, 0.717) is 11.3 Å². The van der Waals surface area contributed by atoms with Crippen molar-refractivity contribution in [1.29, 1.82) is 5.26 Å². The molecule has 0 aliphatic carbocycles. The van der Waals surface area contributed by atoms with Crippen molar-refractivity contribution in [1.82, 2.24) is 9.88 Å². The molecule has 150 valence electrons. The van der Waals surface area contributed by atoms with Gasteiger partial charge in [-0.15, -0.1) is 11.3 Å². The van der Waals surface area contributed by atoms with Crippen molar-refractivity contribution >= 4 is 28.2 Å². The first kappa shape index (κ1) is 19.7. The standard InChI is InChI=1S/C21H17N5O3S/c1-25-9-8-17-18(10-22)21(30-19(17)13-25)24-11-14-2-5-16(6-3-14)29-20-7-4-15(12-23-20)26(27)28/h2-7,11-12H,8-9,13H2,1H3. The minimum atomic E-state index is -0.509. The van der Waals surface area contributed by atoms with Gasteiger partial charge in [-0.1, -0.05) is 0 Å². The van der Waals surface area contributed by atoms with Gasteiger partial charge < -0.3 is 9.64 Å². The van der Waals surface area contributed by atoms with E-state index in [9.17, 15) is 15.4 Å². The molecule has 1 aliphatic heterocycles. The molecule has 3 heterocycles. The second-order valence-electron chi connectivity index (χ2n) is 6.82. The van der Waals surface area contributed by atoms with Crippen LogP contribution in [0.25, 0.3) is 0 Å². The molecule has 0 N–H and O–H groups in total. The van der Waals surface area contributed by atoms with Crippen LogP contribution in [0.2, 0.25) is 0 Å². The van der Waals surface area contributed by atoms with Crippen LogP contribution in [0.3, 0.4) is 0 Å². The van der Waals surface area contributed by atoms with Gasteiger partial charge in [0.05, 0.1) is 10.5 Å². The van der Waals surface area contributed by atoms with Crippen LogP contribution in [0.4, 0.5) is 10.7 Å². The van der Waals surface area contributed by atoms with Gasteiger partial charge in [0.25, 0.3) is 5.69 Å². The fourth-order valence-corrected chi connectivity index (χ4v) is 4.36. The van der Waals surface area contributed by atoms with E-state index in [-0.39, 0.29) is 11.6 Å². The number of aromatic nitrogens is 1. The largest absolute Gasteiger partial charge is 0.439 e. The Hall–Kier alpha value is -3.61. The number of ether oxygens (including phenoxy) is 1. The molecule has 1 aliphatic rings. The number of fused-ring (bicyclic) bond motifs is 1. The number of nitrogens with zero attached hydrogens (tertiary/aromatic N) is 5. The second-order valence-corrected chi connectivity index (χ2v) is 7.91. The average molecular weight is 419 g/mol. The Kier molecular flexibility index (Phi) is 5.52. The molecule has 8 nitrogen and oxygen atoms in total. The molecule has 9 heteroatoms. The number of pyridine rings is 1. The second kappa shape index (κ2) is 8.41. The summed E-state index contributed by atoms with van der Waals surface area (Å²) in [5.74, 6) is 0.829. The summed E-state index contributed by atoms with van der Waals surface area (Å²) in [5.41, 5.74) is 2.59. The van der Waals surface area contributed by atoms with Crippen molar-refractivity contribution in [2.75, 3.05) is 13.6 Å². The smallest absolute Gasteiger partial charge is 0.287 e. The molecule has 0 fully saturated rings. The number of nitriles is 1. The molecule has 0 radical (unpaired) electrons. The van der Waals surface area contributed by atoms with Crippen LogP contribution in [0.1, 0.15) is 21.6 Å². The quantitative estimate of drug-likeness (QED) is 0.344. The number of hydrogen-bond acceptors (Lipinski definition) is 8. The Morgan fingerprint density at radius 3 is 2.80 bits per heavy atom. The molecule has 0 bridgehead atoms. The van der Waals surface area contributed by atoms with E-state index in [2.05, 4.69) is 28.0 Å². The van der Waals surface area contributed by atoms with E-state index in [1.807, 2.05) is 12.1 Å². The van der Waals surface area contributed by atoms with Crippen molar-refractivity contribution in [3.63, 3.8) is 0 Å². The minimum absolute atomic E-state index is 0.0902. The number of aliphatic imine (C=N–C) groups is 1. The average Bonchev–Trinajstić information content (AvgIpc) is 3.10. The highest BCUT2D eigenvalue weighted by Gasteiger charge is 2.22. The van der Waals surface area contributed by atoms with Crippen molar-refractivity contribution in [3.8, 4) is 17.7 Å². The highest BCUT2D eigenvalue weighted by molar-refractivity contribution is 7.16. The summed E-state index contributed by atoms with van der Waals surface area (Å²) in [7, 11) is 2.08. The van der Waals surface area contributed by atoms with Crippen LogP contribution in [0, 0.1) is 21.4 Å². The number of rotatable bonds is 5. The van der Waals surface area contributed by atoms with Gasteiger partial charge in [-0.3, -0.25) is 10.1 Å². The highest BCUT2D eigenvalue weighted by Crippen LogP contribution is 2.38. The van der Waals surface area contributed by atoms with E-state index in [1.54, 1.807) is 29.7 Å². The number of nitro groups is 1. The van der Waals surface area contributed by atoms with E-state index in [0.717, 1.165) is 41.8 Å². The number of benzene rings is 1. The Bertz CT molecular complexity index is 1150. The van der Waals surface area contributed by atoms with Gasteiger partial charge in [0, 0.05) is 36.3 Å². The number of thiophene rings is 1. The Morgan fingerprint density at radius 1 is 1.33 bits per heavy atom. The molecule has 0 saturated heterocycles. The van der Waals surface area contributed by atoms with Gasteiger partial charge in [-0.25, -0.2) is 9.98 Å². The van der Waals surface area contributed by atoms with E-state index in [4.69, 9.17) is 4.74 Å². The molecule has 0 spiro atoms. The minimum Gasteiger partial charge on any atom is -0.439 e. The predicted octanol–water partition coefficient (Wildman–Crippen LogP) is 4.45. The van der Waals surface area contributed by atoms with Crippen LogP contribution >= 0.6 is 11.3 Å². The Labute approximate surface area is 176 Å². The van der Waals surface area contributed by atoms with Gasteiger partial charge in [0.15, 0.2) is 0 Å². The molecule has 4 rings (SSSR count). The monoisotopic (exact) mass is 419 g/mol. The lowest BCUT2D eigenvalue weighted by atomic mass is 10.0. The van der Waals surface area contributed by atoms with E-state index >= 15 is 0 Å². The van der Waals surface area contributed by atoms with E-state index in [1.165, 1.54) is 17.0 Å². The van der Waals surface area contributed by atoms with Crippen molar-refractivity contribution < 1.29 is 9.66 Å². The van der Waals surface area contributed by atoms with Crippen LogP contribution < -0.4 is 4.74 Å². The third-order valence-electron chi connectivity index (χ3n) is 4.71. The molecule has 1 aromatic carbocycles. The van der Waals surface area contributed by atoms with Crippen molar-refractivity contribution in [2.24, 2.45) is 4.99 Å². The maximum atomic E-state index is 10.7. The van der Waals surface area contributed by atoms with Gasteiger partial charge in [-0.05, 0) is 48.9 Å². The van der Waals surface area contributed by atoms with Crippen molar-refractivity contribution in [3.05, 3.63) is 74.3 Å². The van der Waals surface area contributed by atoms with Gasteiger partial charge in [-0.2, -0.15) is 5.26 Å². The number of likely N-dealkylation sites (N-methyl/N-ethyl adjacent to an activating group) is 1. The summed E-state index contributed by atoms with van der Waals surface area (Å²) in [4.78, 5) is 22.1. The maximum absolute atomic E-state index is 10.7. The lowest BCUT2D eigenvalue weighted by Gasteiger charge is -2.21. The maximum Gasteiger partial charge on any atom is 0.287 e. The molecule has 3 aromatic rings. The molecule has 30 heavy (non-hydrogen) atoms. The van der Waals surface area contributed by atoms with Gasteiger partial charge in [0.2, 0.25) is 5.88 Å². The fourth-order valence-electron chi connectivity index (χ4n) is 3.14. The van der Waals surface area contributed by atoms with Crippen LogP contribution in [0.15, 0.2) is 47.6 Å². The third kappa shape index (κ3) is 4.20. The van der Waals surface area contributed by atoms with Crippen molar-refractivity contribution in [2.45, 2.75) is 13.0 Å². The summed E-state index contributed by atoms with van der Waals surface area (Å²) in [5, 5.41) is 21.0. The first-order valence-electron chi connectivity index (χ1n) is 9.19. The lowest BCUT2D eigenvalue weighted by molar-refractivity contribution is -0.385. The zero-order valence-corrected chi connectivity index (χ0v) is 16.9. The zero-order valence-electron chi connectivity index (χ0n) is 16.1. The van der Waals surface area contributed by atoms with Gasteiger partial charge in [0.1, 0.15) is 23.0 Å². The van der Waals surface area contributed by atoms with Crippen LogP contribution in [-0.4, -0.2) is 34.6 Å². The molecule has 2 aromatic heterocycles. The summed E-state index contributed by atoms with van der Waals surface area (Å²) in [6.07, 6.45) is 3.76. The highest BCUT2D eigenvalue weighted by atomic mass is 32.1. The zero-order chi connectivity index (χ0) is 21.1. The third-order valence-corrected chi connectivity index (χ3v) is 5.83. The summed E-state index contributed by atoms with van der Waals surface area (Å²) in [6, 6.07) is 12.3. The summed E-state index contributed by atoms with van der Waals surface area (Å²) in [6.45, 7) is 1.81. The predicted molar refractivity (Wildman–Crippen MR) is 114 cm³/mol. The first-order valence-corrected chi connectivity index (χ1v) is 10.0. The molecular formula is C21H17N5O3S. The molecule has 0 unspecified atom stereocenters. The normalized spacial score (nSPS) is 13.7. The molecule has 0 amide bonds. The number of hydrogen-bond donors (Lipinski definition) is 0.